The second-order valence-corrected chi connectivity index (χ2v) is 24.8. The van der Waals surface area contributed by atoms with E-state index in [1.54, 1.807) is 29.9 Å². The summed E-state index contributed by atoms with van der Waals surface area (Å²) in [4.78, 5) is 64.4. The van der Waals surface area contributed by atoms with E-state index >= 15 is 4.79 Å². The molecule has 5 aliphatic rings. The second-order valence-electron chi connectivity index (χ2n) is 23.9. The molecular formula is C65H73Cl2FN12O6. The summed E-state index contributed by atoms with van der Waals surface area (Å²) in [6.45, 7) is 16.4. The maximum atomic E-state index is 15.4. The molecule has 0 saturated carbocycles. The molecule has 18 nitrogen and oxygen atoms in total. The molecule has 4 amide bonds. The van der Waals surface area contributed by atoms with Crippen molar-refractivity contribution in [3.05, 3.63) is 157 Å². The van der Waals surface area contributed by atoms with Gasteiger partial charge in [0, 0.05) is 92.8 Å². The van der Waals surface area contributed by atoms with Crippen molar-refractivity contribution in [2.24, 2.45) is 4.99 Å². The van der Waals surface area contributed by atoms with E-state index in [-0.39, 0.29) is 73.5 Å². The van der Waals surface area contributed by atoms with Crippen molar-refractivity contribution in [3.63, 3.8) is 0 Å². The van der Waals surface area contributed by atoms with E-state index in [0.717, 1.165) is 34.2 Å². The molecule has 0 radical (unpaired) electrons. The topological polar surface area (TPSA) is 191 Å². The van der Waals surface area contributed by atoms with Crippen LogP contribution in [0.4, 0.5) is 20.7 Å². The highest BCUT2D eigenvalue weighted by atomic mass is 35.5. The molecule has 2 bridgehead atoms. The number of halogens is 3. The van der Waals surface area contributed by atoms with Crippen LogP contribution >= 0.6 is 23.2 Å². The molecule has 4 aliphatic heterocycles. The number of ether oxygens (including phenoxy) is 3. The van der Waals surface area contributed by atoms with Gasteiger partial charge in [0.1, 0.15) is 46.1 Å². The number of urea groups is 1. The van der Waals surface area contributed by atoms with Gasteiger partial charge >= 0.3 is 6.03 Å². The number of nitrogens with two attached hydrogens (primary N) is 1. The van der Waals surface area contributed by atoms with E-state index in [1.807, 2.05) is 71.3 Å². The maximum Gasteiger partial charge on any atom is 0.326 e. The smallest absolute Gasteiger partial charge is 0.326 e. The molecule has 0 spiro atoms. The van der Waals surface area contributed by atoms with E-state index < -0.39 is 16.9 Å². The zero-order valence-electron chi connectivity index (χ0n) is 49.8. The molecule has 2 aromatic heterocycles. The summed E-state index contributed by atoms with van der Waals surface area (Å²) < 4.78 is 34.6. The predicted octanol–water partition coefficient (Wildman–Crippen LogP) is 10.0. The summed E-state index contributed by atoms with van der Waals surface area (Å²) in [6, 6.07) is 27.8. The number of amidine groups is 1. The van der Waals surface area contributed by atoms with E-state index in [4.69, 9.17) is 53.2 Å². The second kappa shape index (κ2) is 24.3. The van der Waals surface area contributed by atoms with E-state index in [9.17, 15) is 19.2 Å². The molecule has 4 aromatic carbocycles. The third-order valence-corrected chi connectivity index (χ3v) is 18.2. The molecular weight excluding hydrogens is 1130 g/mol. The van der Waals surface area contributed by atoms with Crippen LogP contribution in [-0.2, 0) is 43.9 Å². The highest BCUT2D eigenvalue weighted by molar-refractivity contribution is 6.31. The lowest BCUT2D eigenvalue weighted by Crippen LogP contribution is -2.66. The number of rotatable bonds is 16. The largest absolute Gasteiger partial charge is 0.493 e. The third-order valence-electron chi connectivity index (χ3n) is 17.7. The van der Waals surface area contributed by atoms with Crippen LogP contribution in [0.15, 0.2) is 96.1 Å². The average Bonchev–Trinajstić information content (AvgIpc) is 1.41. The number of benzene rings is 4. The van der Waals surface area contributed by atoms with Gasteiger partial charge < -0.3 is 39.5 Å². The molecule has 86 heavy (non-hydrogen) atoms. The number of piperazine rings is 1. The quantitative estimate of drug-likeness (QED) is 0.0904. The van der Waals surface area contributed by atoms with E-state index in [0.29, 0.717) is 127 Å². The number of fused-ring (bicyclic) bond motifs is 12. The van der Waals surface area contributed by atoms with Crippen LogP contribution in [0.2, 0.25) is 10.0 Å². The maximum absolute atomic E-state index is 15.4. The number of aliphatic imine (C=N–C) groups is 1. The van der Waals surface area contributed by atoms with Crippen molar-refractivity contribution in [3.8, 4) is 22.9 Å². The Labute approximate surface area is 511 Å². The van der Waals surface area contributed by atoms with Gasteiger partial charge in [-0.3, -0.25) is 24.1 Å². The Hall–Kier alpha value is -7.60. The summed E-state index contributed by atoms with van der Waals surface area (Å²) in [5, 5.41) is 16.7. The number of nitrogens with zero attached hydrogens (tertiary/aromatic N) is 11. The van der Waals surface area contributed by atoms with Crippen molar-refractivity contribution in [1.82, 2.24) is 39.3 Å². The molecule has 3 atom stereocenters. The van der Waals surface area contributed by atoms with Crippen molar-refractivity contribution in [1.29, 1.82) is 5.26 Å². The van der Waals surface area contributed by atoms with Gasteiger partial charge in [-0.15, -0.1) is 0 Å². The van der Waals surface area contributed by atoms with Crippen molar-refractivity contribution in [2.45, 2.75) is 89.5 Å². The Morgan fingerprint density at radius 2 is 1.63 bits per heavy atom. The van der Waals surface area contributed by atoms with Gasteiger partial charge in [0.15, 0.2) is 0 Å². The van der Waals surface area contributed by atoms with Gasteiger partial charge in [0.2, 0.25) is 5.91 Å². The monoisotopic (exact) mass is 1210 g/mol. The average molecular weight is 1210 g/mol. The number of aromatic nitrogens is 3. The van der Waals surface area contributed by atoms with Gasteiger partial charge in [-0.25, -0.2) is 19.2 Å². The van der Waals surface area contributed by atoms with Crippen LogP contribution < -0.4 is 15.4 Å². The van der Waals surface area contributed by atoms with E-state index in [2.05, 4.69) is 60.7 Å². The number of nitrogen functional groups attached to an aromatic ring is 1. The summed E-state index contributed by atoms with van der Waals surface area (Å²) in [5.41, 5.74) is 12.6. The van der Waals surface area contributed by atoms with Crippen LogP contribution in [0, 0.1) is 17.1 Å². The number of carbonyl (C=O) groups is 3. The van der Waals surface area contributed by atoms with E-state index in [1.165, 1.54) is 23.1 Å². The fourth-order valence-electron chi connectivity index (χ4n) is 13.1. The van der Waals surface area contributed by atoms with Crippen LogP contribution in [-0.4, -0.2) is 156 Å². The lowest BCUT2D eigenvalue weighted by Gasteiger charge is -2.56. The Bertz CT molecular complexity index is 3670. The fraction of sp³-hybridized carbons (Fsp3) is 0.431. The van der Waals surface area contributed by atoms with Crippen molar-refractivity contribution in [2.75, 3.05) is 104 Å². The first kappa shape index (κ1) is 60.1. The summed E-state index contributed by atoms with van der Waals surface area (Å²) >= 11 is 13.2. The van der Waals surface area contributed by atoms with Gasteiger partial charge in [-0.1, -0.05) is 68.2 Å². The number of nitriles is 1. The molecule has 2 N–H and O–H groups in total. The zero-order valence-corrected chi connectivity index (χ0v) is 51.4. The molecule has 11 rings (SSSR count). The third kappa shape index (κ3) is 10.9. The van der Waals surface area contributed by atoms with Crippen molar-refractivity contribution < 1.29 is 33.0 Å². The number of hydrogen-bond donors (Lipinski definition) is 1. The lowest BCUT2D eigenvalue weighted by molar-refractivity contribution is -0.131. The number of hydrogen-bond acceptors (Lipinski definition) is 13. The standard InChI is InChI=1S/C65H73Cl2FN12O6/c1-8-86-56-35-43(63(2,3)4)13-18-48(56)60-72-65(42-11-14-44(66)15-12-42)51-36-45(67)16-20-50(51)64(65,5)80(60)62(83)77-26-24-76(25-27-77)29-31-85-33-32-84-30-21-57(81)74(6)23-28-79-55(38-69)58-41-34-54(59(70)71-39-41)78-22-9-10-53(78)49-37-46(68)17-19-47(49)61(82)75(7)40-52(58)73-79/h11-20,34-37,39,53H,8-10,21-33,40H2,1-7H3,(H2,70,71)/t53-,64-,65-/m1/s1. The molecule has 6 aromatic rings. The summed E-state index contributed by atoms with van der Waals surface area (Å²) in [6.07, 6.45) is 3.24. The summed E-state index contributed by atoms with van der Waals surface area (Å²) in [7, 11) is 3.36. The number of amides is 4. The fourth-order valence-corrected chi connectivity index (χ4v) is 13.4. The minimum atomic E-state index is -0.983. The number of carbonyl (C=O) groups excluding carboxylic acids is 3. The Morgan fingerprint density at radius 1 is 0.895 bits per heavy atom. The minimum absolute atomic E-state index is 0.0542. The number of anilines is 2. The first-order chi connectivity index (χ1) is 41.3. The molecule has 21 heteroatoms. The van der Waals surface area contributed by atoms with Gasteiger partial charge in [0.25, 0.3) is 5.91 Å². The minimum Gasteiger partial charge on any atom is -0.493 e. The van der Waals surface area contributed by atoms with Crippen molar-refractivity contribution >= 4 is 58.4 Å². The first-order valence-corrected chi connectivity index (χ1v) is 30.2. The molecule has 6 heterocycles. The molecule has 450 valence electrons. The lowest BCUT2D eigenvalue weighted by atomic mass is 9.54. The van der Waals surface area contributed by atoms with Crippen LogP contribution in [0.5, 0.6) is 5.75 Å². The van der Waals surface area contributed by atoms with Gasteiger partial charge in [-0.05, 0) is 121 Å². The molecule has 2 saturated heterocycles. The van der Waals surface area contributed by atoms with Gasteiger partial charge in [-0.2, -0.15) is 10.4 Å². The SMILES string of the molecule is CCOc1cc(C(C)(C)C)ccc1C1=N[C@]2(c3ccc(Cl)cc3)c3cc(Cl)ccc3[C@@]2(C)N1C(=O)N1CCN(CCOCCOCCC(=O)N(C)CCn2nc3c(c2C#N)-c2cnc(N)c(c2)N2CCC[C@@H]2c2cc(F)ccc2C(=O)N(C)C3)CC1. The molecule has 2 fully saturated rings. The molecule has 0 unspecified atom stereocenters. The van der Waals surface area contributed by atoms with Crippen LogP contribution in [0.25, 0.3) is 11.1 Å². The first-order valence-electron chi connectivity index (χ1n) is 29.5. The normalized spacial score (nSPS) is 19.9. The highest BCUT2D eigenvalue weighted by Crippen LogP contribution is 2.66. The van der Waals surface area contributed by atoms with Gasteiger partial charge in [0.05, 0.1) is 75.5 Å². The number of pyridine rings is 1. The highest BCUT2D eigenvalue weighted by Gasteiger charge is 2.71. The summed E-state index contributed by atoms with van der Waals surface area (Å²) in [5.74, 6) is 0.603. The molecule has 1 aliphatic carbocycles. The Kier molecular flexibility index (Phi) is 17.0. The number of likely N-dealkylation sites (N-methyl/N-ethyl adjacent to an activating group) is 1. The zero-order chi connectivity index (χ0) is 60.8. The van der Waals surface area contributed by atoms with Crippen LogP contribution in [0.1, 0.15) is 115 Å². The Morgan fingerprint density at radius 3 is 2.36 bits per heavy atom. The van der Waals surface area contributed by atoms with Crippen LogP contribution in [0.3, 0.4) is 0 Å². The Balaban J connectivity index is 0.677. The predicted molar refractivity (Wildman–Crippen MR) is 329 cm³/mol.